The Kier molecular flexibility index (Phi) is 1.99. The number of nitrogens with zero attached hydrogens (tertiary/aromatic N) is 1. The summed E-state index contributed by atoms with van der Waals surface area (Å²) in [6.07, 6.45) is 1.07. The van der Waals surface area contributed by atoms with Gasteiger partial charge in [0.25, 0.3) is 0 Å². The maximum atomic E-state index is 4.40. The van der Waals surface area contributed by atoms with Crippen LogP contribution >= 0.6 is 27.3 Å². The number of halogens is 1. The molecule has 1 aliphatic rings. The average molecular weight is 233 g/mol. The number of hydrogen-bond donors (Lipinski definition) is 1. The molecule has 0 saturated carbocycles. The van der Waals surface area contributed by atoms with E-state index < -0.39 is 0 Å². The van der Waals surface area contributed by atoms with E-state index in [2.05, 4.69) is 33.2 Å². The summed E-state index contributed by atoms with van der Waals surface area (Å²) in [7, 11) is 0. The number of aromatic nitrogens is 1. The van der Waals surface area contributed by atoms with E-state index in [0.29, 0.717) is 6.04 Å². The summed E-state index contributed by atoms with van der Waals surface area (Å²) in [5, 5.41) is 3.40. The fraction of sp³-hybridized carbons (Fsp3) is 0.571. The largest absolute Gasteiger partial charge is 0.309 e. The Labute approximate surface area is 78.2 Å². The fourth-order valence-corrected chi connectivity index (χ4v) is 2.84. The molecule has 1 N–H and O–H groups in total. The molecule has 4 heteroatoms. The number of thiazole rings is 1. The van der Waals surface area contributed by atoms with Gasteiger partial charge in [-0.3, -0.25) is 0 Å². The van der Waals surface area contributed by atoms with Gasteiger partial charge in [-0.15, -0.1) is 11.3 Å². The van der Waals surface area contributed by atoms with Crippen molar-refractivity contribution in [2.45, 2.75) is 25.9 Å². The second-order valence-electron chi connectivity index (χ2n) is 2.82. The zero-order chi connectivity index (χ0) is 7.84. The van der Waals surface area contributed by atoms with E-state index in [1.165, 1.54) is 10.6 Å². The number of nitrogens with one attached hydrogen (secondary N) is 1. The van der Waals surface area contributed by atoms with E-state index in [9.17, 15) is 0 Å². The Morgan fingerprint density at radius 3 is 3.36 bits per heavy atom. The SMILES string of the molecule is C[C@@H]1Cc2nc(Br)sc2CN1. The number of fused-ring (bicyclic) bond motifs is 1. The first kappa shape index (κ1) is 7.71. The molecule has 2 heterocycles. The van der Waals surface area contributed by atoms with Crippen molar-refractivity contribution in [3.63, 3.8) is 0 Å². The highest BCUT2D eigenvalue weighted by atomic mass is 79.9. The third-order valence-corrected chi connectivity index (χ3v) is 3.41. The van der Waals surface area contributed by atoms with Gasteiger partial charge in [0.05, 0.1) is 5.69 Å². The van der Waals surface area contributed by atoms with Gasteiger partial charge in [0, 0.05) is 23.9 Å². The molecule has 11 heavy (non-hydrogen) atoms. The molecule has 60 valence electrons. The summed E-state index contributed by atoms with van der Waals surface area (Å²) in [5.74, 6) is 0. The molecule has 0 fully saturated rings. The molecule has 0 unspecified atom stereocenters. The predicted octanol–water partition coefficient (Wildman–Crippen LogP) is 1.94. The molecule has 1 aromatic heterocycles. The van der Waals surface area contributed by atoms with Gasteiger partial charge < -0.3 is 5.32 Å². The van der Waals surface area contributed by atoms with E-state index in [4.69, 9.17) is 0 Å². The molecule has 1 aliphatic heterocycles. The van der Waals surface area contributed by atoms with Crippen LogP contribution in [0.3, 0.4) is 0 Å². The molecular formula is C7H9BrN2S. The van der Waals surface area contributed by atoms with Gasteiger partial charge in [-0.05, 0) is 22.9 Å². The van der Waals surface area contributed by atoms with Crippen molar-refractivity contribution < 1.29 is 0 Å². The Bertz CT molecular complexity index is 271. The van der Waals surface area contributed by atoms with Crippen LogP contribution in [0.2, 0.25) is 0 Å². The van der Waals surface area contributed by atoms with Gasteiger partial charge >= 0.3 is 0 Å². The van der Waals surface area contributed by atoms with Crippen molar-refractivity contribution in [2.24, 2.45) is 0 Å². The van der Waals surface area contributed by atoms with Crippen molar-refractivity contribution in [3.05, 3.63) is 14.5 Å². The Morgan fingerprint density at radius 2 is 2.55 bits per heavy atom. The summed E-state index contributed by atoms with van der Waals surface area (Å²) < 4.78 is 1.01. The van der Waals surface area contributed by atoms with Crippen LogP contribution in [0.4, 0.5) is 0 Å². The monoisotopic (exact) mass is 232 g/mol. The number of hydrogen-bond acceptors (Lipinski definition) is 3. The molecular weight excluding hydrogens is 224 g/mol. The lowest BCUT2D eigenvalue weighted by Crippen LogP contribution is -2.32. The van der Waals surface area contributed by atoms with Gasteiger partial charge in [0.1, 0.15) is 0 Å². The lowest BCUT2D eigenvalue weighted by molar-refractivity contribution is 0.512. The molecule has 1 aromatic rings. The zero-order valence-electron chi connectivity index (χ0n) is 6.22. The van der Waals surface area contributed by atoms with Crippen molar-refractivity contribution in [1.82, 2.24) is 10.3 Å². The smallest absolute Gasteiger partial charge is 0.159 e. The lowest BCUT2D eigenvalue weighted by Gasteiger charge is -2.18. The topological polar surface area (TPSA) is 24.9 Å². The quantitative estimate of drug-likeness (QED) is 0.740. The standard InChI is InChI=1S/C7H9BrN2S/c1-4-2-5-6(3-9-4)11-7(8)10-5/h4,9H,2-3H2,1H3/t4-/m1/s1. The Balaban J connectivity index is 2.34. The first-order chi connectivity index (χ1) is 5.25. The van der Waals surface area contributed by atoms with Crippen LogP contribution in [-0.4, -0.2) is 11.0 Å². The normalized spacial score (nSPS) is 23.3. The molecule has 0 radical (unpaired) electrons. The van der Waals surface area contributed by atoms with E-state index in [1.54, 1.807) is 11.3 Å². The average Bonchev–Trinajstić information content (AvgIpc) is 2.27. The van der Waals surface area contributed by atoms with Crippen molar-refractivity contribution in [2.75, 3.05) is 0 Å². The van der Waals surface area contributed by atoms with Crippen LogP contribution < -0.4 is 5.32 Å². The van der Waals surface area contributed by atoms with Crippen molar-refractivity contribution in [3.8, 4) is 0 Å². The van der Waals surface area contributed by atoms with E-state index in [0.717, 1.165) is 16.9 Å². The first-order valence-corrected chi connectivity index (χ1v) is 5.24. The predicted molar refractivity (Wildman–Crippen MR) is 49.8 cm³/mol. The van der Waals surface area contributed by atoms with Gasteiger partial charge in [-0.1, -0.05) is 0 Å². The van der Waals surface area contributed by atoms with Gasteiger partial charge in [0.15, 0.2) is 3.92 Å². The van der Waals surface area contributed by atoms with Crippen LogP contribution in [0.5, 0.6) is 0 Å². The van der Waals surface area contributed by atoms with Crippen LogP contribution in [0, 0.1) is 0 Å². The van der Waals surface area contributed by atoms with Crippen molar-refractivity contribution >= 4 is 27.3 Å². The molecule has 0 amide bonds. The van der Waals surface area contributed by atoms with Crippen LogP contribution in [0.15, 0.2) is 3.92 Å². The third-order valence-electron chi connectivity index (χ3n) is 1.86. The van der Waals surface area contributed by atoms with Crippen molar-refractivity contribution in [1.29, 1.82) is 0 Å². The molecule has 0 bridgehead atoms. The summed E-state index contributed by atoms with van der Waals surface area (Å²) >= 11 is 5.13. The van der Waals surface area contributed by atoms with Gasteiger partial charge in [0.2, 0.25) is 0 Å². The second kappa shape index (κ2) is 2.84. The molecule has 1 atom stereocenters. The third kappa shape index (κ3) is 1.48. The van der Waals surface area contributed by atoms with Gasteiger partial charge in [-0.25, -0.2) is 4.98 Å². The zero-order valence-corrected chi connectivity index (χ0v) is 8.63. The molecule has 0 saturated heterocycles. The van der Waals surface area contributed by atoms with E-state index >= 15 is 0 Å². The summed E-state index contributed by atoms with van der Waals surface area (Å²) in [4.78, 5) is 5.78. The Morgan fingerprint density at radius 1 is 1.73 bits per heavy atom. The van der Waals surface area contributed by atoms with Crippen LogP contribution in [0.1, 0.15) is 17.5 Å². The minimum Gasteiger partial charge on any atom is -0.309 e. The molecule has 0 aromatic carbocycles. The minimum absolute atomic E-state index is 0.580. The maximum Gasteiger partial charge on any atom is 0.159 e. The lowest BCUT2D eigenvalue weighted by atomic mass is 10.1. The fourth-order valence-electron chi connectivity index (χ4n) is 1.28. The minimum atomic E-state index is 0.580. The Hall–Kier alpha value is 0.0700. The molecule has 2 nitrogen and oxygen atoms in total. The molecule has 0 spiro atoms. The van der Waals surface area contributed by atoms with Crippen LogP contribution in [-0.2, 0) is 13.0 Å². The van der Waals surface area contributed by atoms with Crippen LogP contribution in [0.25, 0.3) is 0 Å². The second-order valence-corrected chi connectivity index (χ2v) is 5.18. The molecule has 0 aliphatic carbocycles. The molecule has 2 rings (SSSR count). The maximum absolute atomic E-state index is 4.40. The van der Waals surface area contributed by atoms with Gasteiger partial charge in [-0.2, -0.15) is 0 Å². The van der Waals surface area contributed by atoms with E-state index in [-0.39, 0.29) is 0 Å². The summed E-state index contributed by atoms with van der Waals surface area (Å²) in [6.45, 7) is 3.18. The first-order valence-electron chi connectivity index (χ1n) is 3.63. The highest BCUT2D eigenvalue weighted by Crippen LogP contribution is 2.26. The summed E-state index contributed by atoms with van der Waals surface area (Å²) in [6, 6.07) is 0.580. The van der Waals surface area contributed by atoms with E-state index in [1.807, 2.05) is 0 Å². The highest BCUT2D eigenvalue weighted by Gasteiger charge is 2.17. The highest BCUT2D eigenvalue weighted by molar-refractivity contribution is 9.11. The number of rotatable bonds is 0. The summed E-state index contributed by atoms with van der Waals surface area (Å²) in [5.41, 5.74) is 1.27.